The highest BCUT2D eigenvalue weighted by Crippen LogP contribution is 2.23. The monoisotopic (exact) mass is 199 g/mol. The first kappa shape index (κ1) is 10.2. The van der Waals surface area contributed by atoms with E-state index in [0.29, 0.717) is 4.91 Å². The van der Waals surface area contributed by atoms with E-state index in [1.54, 1.807) is 6.20 Å². The Morgan fingerprint density at radius 2 is 2.54 bits per heavy atom. The van der Waals surface area contributed by atoms with Crippen molar-refractivity contribution in [1.82, 2.24) is 5.32 Å². The van der Waals surface area contributed by atoms with Gasteiger partial charge in [-0.05, 0) is 6.92 Å². The summed E-state index contributed by atoms with van der Waals surface area (Å²) in [7, 11) is 1.38. The van der Waals surface area contributed by atoms with Crippen molar-refractivity contribution in [2.24, 2.45) is 0 Å². The number of rotatable bonds is 2. The summed E-state index contributed by atoms with van der Waals surface area (Å²) in [5.41, 5.74) is 1.08. The molecular weight excluding hydrogens is 186 g/mol. The van der Waals surface area contributed by atoms with Crippen LogP contribution in [0.3, 0.4) is 0 Å². The van der Waals surface area contributed by atoms with Crippen molar-refractivity contribution < 1.29 is 9.53 Å². The van der Waals surface area contributed by atoms with Crippen molar-refractivity contribution in [3.8, 4) is 0 Å². The average molecular weight is 199 g/mol. The van der Waals surface area contributed by atoms with Crippen LogP contribution in [-0.4, -0.2) is 24.9 Å². The molecule has 72 valence electrons. The third-order valence-electron chi connectivity index (χ3n) is 1.80. The minimum absolute atomic E-state index is 0.262. The number of carbonyl (C=O) groups excluding carboxylic acids is 1. The highest BCUT2D eigenvalue weighted by atomic mass is 32.2. The Labute approximate surface area is 82.2 Å². The Morgan fingerprint density at radius 1 is 1.85 bits per heavy atom. The number of thioether (sulfide) groups is 1. The van der Waals surface area contributed by atoms with E-state index in [2.05, 4.69) is 16.6 Å². The topological polar surface area (TPSA) is 38.3 Å². The van der Waals surface area contributed by atoms with Gasteiger partial charge in [-0.1, -0.05) is 12.2 Å². The van der Waals surface area contributed by atoms with Gasteiger partial charge < -0.3 is 10.1 Å². The van der Waals surface area contributed by atoms with Gasteiger partial charge >= 0.3 is 5.97 Å². The van der Waals surface area contributed by atoms with Gasteiger partial charge in [0, 0.05) is 12.0 Å². The molecule has 0 saturated heterocycles. The Balaban J connectivity index is 2.57. The summed E-state index contributed by atoms with van der Waals surface area (Å²) in [4.78, 5) is 11.7. The van der Waals surface area contributed by atoms with E-state index < -0.39 is 0 Å². The van der Waals surface area contributed by atoms with Crippen molar-refractivity contribution in [2.45, 2.75) is 13.0 Å². The summed E-state index contributed by atoms with van der Waals surface area (Å²) < 4.78 is 4.59. The molecule has 1 atom stereocenters. The molecule has 0 spiro atoms. The zero-order chi connectivity index (χ0) is 9.84. The number of hydrogen-bond donors (Lipinski definition) is 1. The fourth-order valence-electron chi connectivity index (χ4n) is 0.942. The van der Waals surface area contributed by atoms with Crippen LogP contribution in [0.25, 0.3) is 0 Å². The summed E-state index contributed by atoms with van der Waals surface area (Å²) in [5.74, 6) is 0.550. The van der Waals surface area contributed by atoms with Gasteiger partial charge in [0.15, 0.2) is 0 Å². The number of carbonyl (C=O) groups is 1. The van der Waals surface area contributed by atoms with Gasteiger partial charge in [0.25, 0.3) is 0 Å². The van der Waals surface area contributed by atoms with E-state index in [1.807, 2.05) is 6.92 Å². The average Bonchev–Trinajstić information content (AvgIpc) is 2.17. The van der Waals surface area contributed by atoms with Gasteiger partial charge in [-0.25, -0.2) is 4.79 Å². The highest BCUT2D eigenvalue weighted by Gasteiger charge is 2.19. The number of nitrogens with one attached hydrogen (secondary N) is 1. The predicted octanol–water partition coefficient (Wildman–Crippen LogP) is 1.28. The van der Waals surface area contributed by atoms with Gasteiger partial charge in [-0.3, -0.25) is 0 Å². The molecule has 0 aromatic carbocycles. The Bertz CT molecular complexity index is 260. The van der Waals surface area contributed by atoms with Crippen LogP contribution >= 0.6 is 11.8 Å². The lowest BCUT2D eigenvalue weighted by molar-refractivity contribution is -0.135. The van der Waals surface area contributed by atoms with Crippen molar-refractivity contribution in [2.75, 3.05) is 12.9 Å². The molecule has 0 amide bonds. The smallest absolute Gasteiger partial charge is 0.345 e. The zero-order valence-corrected chi connectivity index (χ0v) is 8.61. The van der Waals surface area contributed by atoms with E-state index in [1.165, 1.54) is 18.9 Å². The van der Waals surface area contributed by atoms with Crippen LogP contribution < -0.4 is 5.32 Å². The van der Waals surface area contributed by atoms with Gasteiger partial charge in [0.2, 0.25) is 0 Å². The molecule has 13 heavy (non-hydrogen) atoms. The maximum Gasteiger partial charge on any atom is 0.345 e. The maximum absolute atomic E-state index is 11.1. The van der Waals surface area contributed by atoms with Gasteiger partial charge in [-0.15, -0.1) is 11.8 Å². The fourth-order valence-corrected chi connectivity index (χ4v) is 2.02. The molecule has 1 aliphatic heterocycles. The molecule has 1 aliphatic rings. The molecule has 1 unspecified atom stereocenters. The highest BCUT2D eigenvalue weighted by molar-refractivity contribution is 8.04. The quantitative estimate of drug-likeness (QED) is 0.537. The molecule has 0 aromatic heterocycles. The lowest BCUT2D eigenvalue weighted by Crippen LogP contribution is -2.32. The standard InChI is InChI=1S/C9H13NO2S/c1-6(2)7-5-13-8(4-10-7)9(11)12-3/h4,7,10H,1,5H2,2-3H3. The molecular formula is C9H13NO2S. The first-order valence-corrected chi connectivity index (χ1v) is 4.96. The summed E-state index contributed by atoms with van der Waals surface area (Å²) >= 11 is 1.50. The van der Waals surface area contributed by atoms with Crippen LogP contribution in [0.2, 0.25) is 0 Å². The lowest BCUT2D eigenvalue weighted by Gasteiger charge is -2.22. The zero-order valence-electron chi connectivity index (χ0n) is 7.79. The molecule has 0 radical (unpaired) electrons. The Hall–Kier alpha value is -0.900. The van der Waals surface area contributed by atoms with Crippen LogP contribution in [0.15, 0.2) is 23.3 Å². The third kappa shape index (κ3) is 2.52. The molecule has 0 fully saturated rings. The summed E-state index contributed by atoms with van der Waals surface area (Å²) in [6, 6.07) is 0.262. The van der Waals surface area contributed by atoms with E-state index in [9.17, 15) is 4.79 Å². The van der Waals surface area contributed by atoms with Gasteiger partial charge in [0.1, 0.15) is 4.91 Å². The second-order valence-corrected chi connectivity index (χ2v) is 3.94. The Kier molecular flexibility index (Phi) is 3.42. The van der Waals surface area contributed by atoms with Crippen LogP contribution in [0, 0.1) is 0 Å². The minimum Gasteiger partial charge on any atom is -0.465 e. The number of ether oxygens (including phenoxy) is 1. The van der Waals surface area contributed by atoms with E-state index in [4.69, 9.17) is 0 Å². The second-order valence-electron chi connectivity index (χ2n) is 2.88. The summed E-state index contributed by atoms with van der Waals surface area (Å²) in [5, 5.41) is 3.10. The largest absolute Gasteiger partial charge is 0.465 e. The number of methoxy groups -OCH3 is 1. The second kappa shape index (κ2) is 4.37. The molecule has 0 bridgehead atoms. The summed E-state index contributed by atoms with van der Waals surface area (Å²) in [6.45, 7) is 5.82. The SMILES string of the molecule is C=C(C)C1CSC(C(=O)OC)=CN1. The van der Waals surface area contributed by atoms with E-state index in [-0.39, 0.29) is 12.0 Å². The molecule has 1 rings (SSSR count). The lowest BCUT2D eigenvalue weighted by atomic mass is 10.2. The van der Waals surface area contributed by atoms with Crippen LogP contribution in [-0.2, 0) is 9.53 Å². The number of esters is 1. The molecule has 1 N–H and O–H groups in total. The van der Waals surface area contributed by atoms with Crippen molar-refractivity contribution in [3.63, 3.8) is 0 Å². The molecule has 0 aliphatic carbocycles. The van der Waals surface area contributed by atoms with Crippen molar-refractivity contribution in [3.05, 3.63) is 23.3 Å². The molecule has 4 heteroatoms. The molecule has 1 heterocycles. The fraction of sp³-hybridized carbons (Fsp3) is 0.444. The minimum atomic E-state index is -0.280. The van der Waals surface area contributed by atoms with E-state index in [0.717, 1.165) is 11.3 Å². The Morgan fingerprint density at radius 3 is 2.92 bits per heavy atom. The maximum atomic E-state index is 11.1. The summed E-state index contributed by atoms with van der Waals surface area (Å²) in [6.07, 6.45) is 1.69. The van der Waals surface area contributed by atoms with Crippen molar-refractivity contribution in [1.29, 1.82) is 0 Å². The van der Waals surface area contributed by atoms with Crippen LogP contribution in [0.1, 0.15) is 6.92 Å². The van der Waals surface area contributed by atoms with Crippen LogP contribution in [0.5, 0.6) is 0 Å². The number of hydrogen-bond acceptors (Lipinski definition) is 4. The first-order chi connectivity index (χ1) is 6.15. The molecule has 0 saturated carbocycles. The van der Waals surface area contributed by atoms with Crippen molar-refractivity contribution >= 4 is 17.7 Å². The van der Waals surface area contributed by atoms with E-state index >= 15 is 0 Å². The first-order valence-electron chi connectivity index (χ1n) is 3.98. The molecule has 3 nitrogen and oxygen atoms in total. The van der Waals surface area contributed by atoms with Crippen LogP contribution in [0.4, 0.5) is 0 Å². The normalized spacial score (nSPS) is 21.4. The predicted molar refractivity (Wildman–Crippen MR) is 54.3 cm³/mol. The van der Waals surface area contributed by atoms with Gasteiger partial charge in [-0.2, -0.15) is 0 Å². The van der Waals surface area contributed by atoms with Gasteiger partial charge in [0.05, 0.1) is 13.2 Å². The third-order valence-corrected chi connectivity index (χ3v) is 2.90. The molecule has 0 aromatic rings.